The van der Waals surface area contributed by atoms with Crippen LogP contribution in [0.25, 0.3) is 39.0 Å². The van der Waals surface area contributed by atoms with E-state index in [9.17, 15) is 0 Å². The van der Waals surface area contributed by atoms with Crippen LogP contribution in [-0.2, 0) is 10.8 Å². The summed E-state index contributed by atoms with van der Waals surface area (Å²) in [6.07, 6.45) is 9.11. The van der Waals surface area contributed by atoms with Crippen molar-refractivity contribution in [3.8, 4) is 33.4 Å². The van der Waals surface area contributed by atoms with E-state index in [0.717, 1.165) is 12.8 Å². The van der Waals surface area contributed by atoms with Crippen LogP contribution in [0.1, 0.15) is 71.1 Å². The molecule has 53 heavy (non-hydrogen) atoms. The Bertz CT molecular complexity index is 2650. The van der Waals surface area contributed by atoms with Crippen LogP contribution in [0.15, 0.2) is 127 Å². The third-order valence-electron chi connectivity index (χ3n) is 12.9. The molecule has 6 aromatic carbocycles. The van der Waals surface area contributed by atoms with Crippen LogP contribution in [0.2, 0.25) is 0 Å². The van der Waals surface area contributed by atoms with Crippen LogP contribution < -0.4 is 37.7 Å². The molecule has 6 aromatic rings. The van der Waals surface area contributed by atoms with Crippen LogP contribution in [-0.4, -0.2) is 13.4 Å². The molecular formula is C50H43B2N. The summed E-state index contributed by atoms with van der Waals surface area (Å²) >= 11 is 0. The molecule has 0 N–H and O–H groups in total. The largest absolute Gasteiger partial charge is 0.312 e. The lowest BCUT2D eigenvalue weighted by Gasteiger charge is -2.43. The van der Waals surface area contributed by atoms with E-state index in [4.69, 9.17) is 0 Å². The van der Waals surface area contributed by atoms with Gasteiger partial charge in [0.05, 0.1) is 0 Å². The van der Waals surface area contributed by atoms with Gasteiger partial charge in [-0.05, 0) is 113 Å². The van der Waals surface area contributed by atoms with Crippen molar-refractivity contribution in [2.45, 2.75) is 65.2 Å². The van der Waals surface area contributed by atoms with Crippen molar-refractivity contribution in [1.82, 2.24) is 0 Å². The molecule has 0 spiro atoms. The molecule has 0 bridgehead atoms. The molecule has 0 aromatic heterocycles. The van der Waals surface area contributed by atoms with E-state index < -0.39 is 0 Å². The van der Waals surface area contributed by atoms with E-state index in [1.807, 2.05) is 0 Å². The van der Waals surface area contributed by atoms with Crippen LogP contribution in [0.5, 0.6) is 0 Å². The molecule has 4 heterocycles. The number of benzene rings is 6. The van der Waals surface area contributed by atoms with Crippen molar-refractivity contribution in [3.05, 3.63) is 144 Å². The second kappa shape index (κ2) is 10.7. The molecule has 11 rings (SSSR count). The summed E-state index contributed by atoms with van der Waals surface area (Å²) in [7, 11) is 0. The summed E-state index contributed by atoms with van der Waals surface area (Å²) in [6.45, 7) is 14.4. The van der Waals surface area contributed by atoms with Gasteiger partial charge in [-0.1, -0.05) is 168 Å². The first kappa shape index (κ1) is 31.3. The fourth-order valence-electron chi connectivity index (χ4n) is 10.3. The molecule has 1 aliphatic carbocycles. The van der Waals surface area contributed by atoms with E-state index in [2.05, 4.69) is 174 Å². The van der Waals surface area contributed by atoms with Gasteiger partial charge in [0.25, 0.3) is 0 Å². The molecule has 0 atom stereocenters. The van der Waals surface area contributed by atoms with E-state index in [0.29, 0.717) is 0 Å². The predicted molar refractivity (Wildman–Crippen MR) is 230 cm³/mol. The average Bonchev–Trinajstić information content (AvgIpc) is 3.69. The van der Waals surface area contributed by atoms with Gasteiger partial charge in [0.1, 0.15) is 0 Å². The minimum atomic E-state index is 0.0476. The summed E-state index contributed by atoms with van der Waals surface area (Å²) in [5, 5.41) is 0. The second-order valence-electron chi connectivity index (χ2n) is 18.0. The van der Waals surface area contributed by atoms with Gasteiger partial charge in [-0.2, -0.15) is 0 Å². The van der Waals surface area contributed by atoms with Gasteiger partial charge in [0, 0.05) is 17.1 Å². The number of hydrogen-bond acceptors (Lipinski definition) is 1. The number of rotatable bonds is 2. The minimum absolute atomic E-state index is 0.0476. The smallest absolute Gasteiger partial charge is 0.248 e. The Morgan fingerprint density at radius 2 is 1.19 bits per heavy atom. The standard InChI is InChI=1S/C50H43B2N/c1-49(2,3)33-20-23-39-37(28-33)36-18-13-19-43-46(36)51(39)41-26-32(30-14-9-7-10-15-30)27-42-48(41)53(43)44-25-22-35(31-16-11-8-12-17-31)45-38-29-34(50(4,5)6)21-24-40(38)52(42)47(44)45/h7-9,11-14,16-29H,10,15H2,1-6H3. The summed E-state index contributed by atoms with van der Waals surface area (Å²) in [5.74, 6) is 0. The summed E-state index contributed by atoms with van der Waals surface area (Å²) < 4.78 is 0. The summed E-state index contributed by atoms with van der Waals surface area (Å²) in [4.78, 5) is 2.68. The lowest BCUT2D eigenvalue weighted by molar-refractivity contribution is 0.590. The molecule has 0 saturated heterocycles. The zero-order valence-electron chi connectivity index (χ0n) is 31.6. The maximum absolute atomic E-state index is 2.68. The molecule has 5 aliphatic rings. The SMILES string of the molecule is CC(C)(C)c1ccc2c(c1)-c1cccc3c1B2c1cc(C2=CC=CCC2)cc2c1N3c1ccc(-c3ccccc3)c3c1B2c1ccc(C(C)(C)C)cc1-3. The van der Waals surface area contributed by atoms with Gasteiger partial charge in [-0.3, -0.25) is 0 Å². The highest BCUT2D eigenvalue weighted by Crippen LogP contribution is 2.47. The van der Waals surface area contributed by atoms with E-state index in [1.54, 1.807) is 0 Å². The van der Waals surface area contributed by atoms with E-state index >= 15 is 0 Å². The van der Waals surface area contributed by atoms with E-state index in [-0.39, 0.29) is 24.3 Å². The van der Waals surface area contributed by atoms with E-state index in [1.165, 1.54) is 105 Å². The fourth-order valence-corrected chi connectivity index (χ4v) is 10.3. The van der Waals surface area contributed by atoms with Gasteiger partial charge in [-0.15, -0.1) is 0 Å². The highest BCUT2D eigenvalue weighted by molar-refractivity contribution is 7.05. The highest BCUT2D eigenvalue weighted by Gasteiger charge is 2.50. The highest BCUT2D eigenvalue weighted by atomic mass is 15.2. The van der Waals surface area contributed by atoms with Crippen molar-refractivity contribution < 1.29 is 0 Å². The lowest BCUT2D eigenvalue weighted by Crippen LogP contribution is -2.63. The molecule has 4 aliphatic heterocycles. The zero-order valence-corrected chi connectivity index (χ0v) is 31.6. The molecular weight excluding hydrogens is 636 g/mol. The molecule has 0 saturated carbocycles. The Morgan fingerprint density at radius 3 is 1.87 bits per heavy atom. The average molecular weight is 680 g/mol. The van der Waals surface area contributed by atoms with Crippen molar-refractivity contribution in [2.75, 3.05) is 4.90 Å². The van der Waals surface area contributed by atoms with Crippen LogP contribution in [0.3, 0.4) is 0 Å². The zero-order chi connectivity index (χ0) is 36.0. The first-order valence-electron chi connectivity index (χ1n) is 19.6. The van der Waals surface area contributed by atoms with Gasteiger partial charge in [0.2, 0.25) is 13.4 Å². The van der Waals surface area contributed by atoms with Gasteiger partial charge < -0.3 is 4.90 Å². The Hall–Kier alpha value is -5.27. The molecule has 0 unspecified atom stereocenters. The Labute approximate surface area is 315 Å². The molecule has 0 radical (unpaired) electrons. The normalized spacial score (nSPS) is 15.5. The maximum atomic E-state index is 2.68. The van der Waals surface area contributed by atoms with Crippen LogP contribution >= 0.6 is 0 Å². The molecule has 0 fully saturated rings. The van der Waals surface area contributed by atoms with Gasteiger partial charge in [-0.25, -0.2) is 0 Å². The molecule has 254 valence electrons. The number of hydrogen-bond donors (Lipinski definition) is 0. The number of anilines is 3. The number of nitrogens with zero attached hydrogens (tertiary/aromatic N) is 1. The fraction of sp³-hybridized carbons (Fsp3) is 0.200. The second-order valence-corrected chi connectivity index (χ2v) is 18.0. The monoisotopic (exact) mass is 679 g/mol. The quantitative estimate of drug-likeness (QED) is 0.165. The first-order chi connectivity index (χ1) is 25.6. The Balaban J connectivity index is 1.27. The molecule has 0 amide bonds. The third kappa shape index (κ3) is 4.28. The van der Waals surface area contributed by atoms with Crippen molar-refractivity contribution in [2.24, 2.45) is 0 Å². The lowest BCUT2D eigenvalue weighted by atomic mass is 9.32. The van der Waals surface area contributed by atoms with Gasteiger partial charge >= 0.3 is 0 Å². The summed E-state index contributed by atoms with van der Waals surface area (Å²) in [5.41, 5.74) is 26.7. The summed E-state index contributed by atoms with van der Waals surface area (Å²) in [6, 6.07) is 42.9. The maximum Gasteiger partial charge on any atom is 0.248 e. The Kier molecular flexibility index (Phi) is 6.29. The van der Waals surface area contributed by atoms with Gasteiger partial charge in [0.15, 0.2) is 0 Å². The third-order valence-corrected chi connectivity index (χ3v) is 12.9. The number of allylic oxidation sites excluding steroid dienone is 4. The molecule has 3 heteroatoms. The van der Waals surface area contributed by atoms with Crippen molar-refractivity contribution >= 4 is 68.8 Å². The molecule has 1 nitrogen and oxygen atoms in total. The topological polar surface area (TPSA) is 3.24 Å². The first-order valence-corrected chi connectivity index (χ1v) is 19.6. The minimum Gasteiger partial charge on any atom is -0.312 e. The van der Waals surface area contributed by atoms with Crippen LogP contribution in [0.4, 0.5) is 17.1 Å². The van der Waals surface area contributed by atoms with Crippen molar-refractivity contribution in [1.29, 1.82) is 0 Å². The van der Waals surface area contributed by atoms with Crippen LogP contribution in [0, 0.1) is 0 Å². The predicted octanol–water partition coefficient (Wildman–Crippen LogP) is 8.77. The van der Waals surface area contributed by atoms with Crippen molar-refractivity contribution in [3.63, 3.8) is 0 Å². The Morgan fingerprint density at radius 1 is 0.528 bits per heavy atom. The number of fused-ring (bicyclic) bond motifs is 10.